The molecule has 0 aliphatic heterocycles. The van der Waals surface area contributed by atoms with Crippen molar-refractivity contribution in [2.75, 3.05) is 19.1 Å². The van der Waals surface area contributed by atoms with Crippen LogP contribution in [0.25, 0.3) is 0 Å². The predicted molar refractivity (Wildman–Crippen MR) is 76.3 cm³/mol. The molecule has 2 rings (SSSR count). The first-order valence-corrected chi connectivity index (χ1v) is 6.67. The number of rotatable bonds is 3. The van der Waals surface area contributed by atoms with Crippen LogP contribution in [-0.4, -0.2) is 26.1 Å². The molecule has 0 bridgehead atoms. The smallest absolute Gasteiger partial charge is 0.234 e. The van der Waals surface area contributed by atoms with Crippen molar-refractivity contribution in [2.24, 2.45) is 11.1 Å². The molecule has 0 aromatic heterocycles. The zero-order valence-corrected chi connectivity index (χ0v) is 11.8. The second-order valence-corrected chi connectivity index (χ2v) is 5.45. The van der Waals surface area contributed by atoms with Crippen LogP contribution in [0.5, 0.6) is 5.75 Å². The van der Waals surface area contributed by atoms with E-state index >= 15 is 0 Å². The summed E-state index contributed by atoms with van der Waals surface area (Å²) in [5.41, 5.74) is 6.45. The Morgan fingerprint density at radius 3 is 2.74 bits per heavy atom. The lowest BCUT2D eigenvalue weighted by Gasteiger charge is -2.32. The summed E-state index contributed by atoms with van der Waals surface area (Å²) in [6, 6.07) is 7.48. The number of nitrogens with two attached hydrogens (primary N) is 1. The topological polar surface area (TPSA) is 55.6 Å². The lowest BCUT2D eigenvalue weighted by atomic mass is 9.83. The molecule has 1 fully saturated rings. The SMILES string of the molecule is COc1ccccc1N(C)C(=O)C1(C)CCCC1N. The number of methoxy groups -OCH3 is 1. The first-order chi connectivity index (χ1) is 9.00. The van der Waals surface area contributed by atoms with E-state index in [0.29, 0.717) is 5.75 Å². The molecule has 1 aliphatic rings. The summed E-state index contributed by atoms with van der Waals surface area (Å²) in [5.74, 6) is 0.774. The van der Waals surface area contributed by atoms with E-state index in [1.807, 2.05) is 31.2 Å². The number of nitrogens with zero attached hydrogens (tertiary/aromatic N) is 1. The molecular weight excluding hydrogens is 240 g/mol. The summed E-state index contributed by atoms with van der Waals surface area (Å²) in [4.78, 5) is 14.4. The number of amides is 1. The van der Waals surface area contributed by atoms with Gasteiger partial charge in [0, 0.05) is 13.1 Å². The normalized spacial score (nSPS) is 26.2. The van der Waals surface area contributed by atoms with Gasteiger partial charge in [0.25, 0.3) is 0 Å². The van der Waals surface area contributed by atoms with Crippen molar-refractivity contribution in [1.29, 1.82) is 0 Å². The molecule has 1 amide bonds. The minimum atomic E-state index is -0.463. The molecule has 2 N–H and O–H groups in total. The third kappa shape index (κ3) is 2.32. The van der Waals surface area contributed by atoms with E-state index in [2.05, 4.69) is 0 Å². The minimum Gasteiger partial charge on any atom is -0.495 e. The van der Waals surface area contributed by atoms with E-state index in [9.17, 15) is 4.79 Å². The molecule has 4 nitrogen and oxygen atoms in total. The van der Waals surface area contributed by atoms with E-state index in [1.54, 1.807) is 19.1 Å². The van der Waals surface area contributed by atoms with Crippen molar-refractivity contribution in [2.45, 2.75) is 32.2 Å². The summed E-state index contributed by atoms with van der Waals surface area (Å²) in [7, 11) is 3.40. The molecule has 2 atom stereocenters. The van der Waals surface area contributed by atoms with Crippen LogP contribution in [0, 0.1) is 5.41 Å². The predicted octanol–water partition coefficient (Wildman–Crippen LogP) is 2.18. The van der Waals surface area contributed by atoms with Crippen molar-refractivity contribution in [3.63, 3.8) is 0 Å². The Morgan fingerprint density at radius 2 is 2.16 bits per heavy atom. The van der Waals surface area contributed by atoms with Crippen molar-refractivity contribution >= 4 is 11.6 Å². The molecule has 0 spiro atoms. The van der Waals surface area contributed by atoms with E-state index < -0.39 is 5.41 Å². The number of ether oxygens (including phenoxy) is 1. The Bertz CT molecular complexity index is 475. The van der Waals surface area contributed by atoms with Gasteiger partial charge in [-0.25, -0.2) is 0 Å². The van der Waals surface area contributed by atoms with Gasteiger partial charge >= 0.3 is 0 Å². The van der Waals surface area contributed by atoms with Crippen LogP contribution in [0.4, 0.5) is 5.69 Å². The second kappa shape index (κ2) is 5.21. The number of anilines is 1. The zero-order chi connectivity index (χ0) is 14.0. The first kappa shape index (κ1) is 13.9. The van der Waals surface area contributed by atoms with Gasteiger partial charge in [0.1, 0.15) is 5.75 Å². The summed E-state index contributed by atoms with van der Waals surface area (Å²) in [5, 5.41) is 0. The Morgan fingerprint density at radius 1 is 1.47 bits per heavy atom. The van der Waals surface area contributed by atoms with Crippen molar-refractivity contribution < 1.29 is 9.53 Å². The van der Waals surface area contributed by atoms with Gasteiger partial charge in [-0.15, -0.1) is 0 Å². The number of hydrogen-bond acceptors (Lipinski definition) is 3. The molecule has 0 saturated heterocycles. The highest BCUT2D eigenvalue weighted by Crippen LogP contribution is 2.40. The Labute approximate surface area is 114 Å². The molecule has 1 aliphatic carbocycles. The lowest BCUT2D eigenvalue weighted by molar-refractivity contribution is -0.127. The van der Waals surface area contributed by atoms with Crippen molar-refractivity contribution in [1.82, 2.24) is 0 Å². The molecule has 4 heteroatoms. The Hall–Kier alpha value is -1.55. The summed E-state index contributed by atoms with van der Waals surface area (Å²) >= 11 is 0. The zero-order valence-electron chi connectivity index (χ0n) is 11.8. The molecule has 19 heavy (non-hydrogen) atoms. The molecule has 0 heterocycles. The number of carbonyl (C=O) groups excluding carboxylic acids is 1. The number of para-hydroxylation sites is 2. The van der Waals surface area contributed by atoms with Crippen molar-refractivity contribution in [3.05, 3.63) is 24.3 Å². The third-order valence-corrected chi connectivity index (χ3v) is 4.27. The Balaban J connectivity index is 2.29. The third-order valence-electron chi connectivity index (χ3n) is 4.27. The van der Waals surface area contributed by atoms with Gasteiger partial charge in [0.05, 0.1) is 18.2 Å². The van der Waals surface area contributed by atoms with Crippen LogP contribution in [0.2, 0.25) is 0 Å². The Kier molecular flexibility index (Phi) is 3.80. The largest absolute Gasteiger partial charge is 0.495 e. The molecule has 1 aromatic carbocycles. The molecule has 1 aromatic rings. The number of benzene rings is 1. The minimum absolute atomic E-state index is 0.0582. The lowest BCUT2D eigenvalue weighted by Crippen LogP contribution is -2.48. The van der Waals surface area contributed by atoms with Gasteiger partial charge in [0.15, 0.2) is 0 Å². The van der Waals surface area contributed by atoms with Gasteiger partial charge in [0.2, 0.25) is 5.91 Å². The highest BCUT2D eigenvalue weighted by atomic mass is 16.5. The van der Waals surface area contributed by atoms with Gasteiger partial charge in [-0.3, -0.25) is 4.79 Å². The van der Waals surface area contributed by atoms with E-state index in [0.717, 1.165) is 24.9 Å². The monoisotopic (exact) mass is 262 g/mol. The molecule has 104 valence electrons. The summed E-state index contributed by atoms with van der Waals surface area (Å²) in [6.07, 6.45) is 2.79. The van der Waals surface area contributed by atoms with Gasteiger partial charge in [-0.05, 0) is 31.9 Å². The average molecular weight is 262 g/mol. The maximum Gasteiger partial charge on any atom is 0.234 e. The summed E-state index contributed by atoms with van der Waals surface area (Å²) < 4.78 is 5.31. The standard InChI is InChI=1S/C15H22N2O2/c1-15(10-6-9-13(15)16)14(18)17(2)11-7-4-5-8-12(11)19-3/h4-5,7-8,13H,6,9-10,16H2,1-3H3. The van der Waals surface area contributed by atoms with E-state index in [4.69, 9.17) is 10.5 Å². The fourth-order valence-corrected chi connectivity index (χ4v) is 2.86. The first-order valence-electron chi connectivity index (χ1n) is 6.67. The van der Waals surface area contributed by atoms with Crippen LogP contribution in [0.1, 0.15) is 26.2 Å². The fourth-order valence-electron chi connectivity index (χ4n) is 2.86. The maximum atomic E-state index is 12.7. The van der Waals surface area contributed by atoms with Gasteiger partial charge in [-0.2, -0.15) is 0 Å². The summed E-state index contributed by atoms with van der Waals surface area (Å²) in [6.45, 7) is 1.97. The fraction of sp³-hybridized carbons (Fsp3) is 0.533. The number of hydrogen-bond donors (Lipinski definition) is 1. The van der Waals surface area contributed by atoms with Gasteiger partial charge < -0.3 is 15.4 Å². The van der Waals surface area contributed by atoms with E-state index in [1.165, 1.54) is 0 Å². The number of carbonyl (C=O) groups is 1. The maximum absolute atomic E-state index is 12.7. The molecular formula is C15H22N2O2. The van der Waals surface area contributed by atoms with Gasteiger partial charge in [-0.1, -0.05) is 18.6 Å². The molecule has 2 unspecified atom stereocenters. The second-order valence-electron chi connectivity index (χ2n) is 5.45. The van der Waals surface area contributed by atoms with Crippen LogP contribution in [0.15, 0.2) is 24.3 Å². The van der Waals surface area contributed by atoms with Crippen LogP contribution < -0.4 is 15.4 Å². The van der Waals surface area contributed by atoms with E-state index in [-0.39, 0.29) is 11.9 Å². The van der Waals surface area contributed by atoms with Crippen LogP contribution in [0.3, 0.4) is 0 Å². The van der Waals surface area contributed by atoms with Crippen LogP contribution in [-0.2, 0) is 4.79 Å². The molecule has 0 radical (unpaired) electrons. The highest BCUT2D eigenvalue weighted by molar-refractivity contribution is 5.98. The van der Waals surface area contributed by atoms with Crippen LogP contribution >= 0.6 is 0 Å². The highest BCUT2D eigenvalue weighted by Gasteiger charge is 2.44. The van der Waals surface area contributed by atoms with Crippen molar-refractivity contribution in [3.8, 4) is 5.75 Å². The molecule has 1 saturated carbocycles. The average Bonchev–Trinajstić information content (AvgIpc) is 2.78. The quantitative estimate of drug-likeness (QED) is 0.908.